The molecule has 0 radical (unpaired) electrons. The van der Waals surface area contributed by atoms with E-state index in [-0.39, 0.29) is 0 Å². The maximum absolute atomic E-state index is 5.37. The Hall–Kier alpha value is -1.55. The molecule has 0 atom stereocenters. The third-order valence-electron chi connectivity index (χ3n) is 4.26. The first-order chi connectivity index (χ1) is 11.3. The highest BCUT2D eigenvalue weighted by Crippen LogP contribution is 2.48. The molecule has 0 spiro atoms. The fraction of sp³-hybridized carbons (Fsp3) is 0.632. The Morgan fingerprint density at radius 1 is 1.17 bits per heavy atom. The fourth-order valence-corrected chi connectivity index (χ4v) is 2.71. The SMILES string of the molecule is CCNC(=NCC1(Cc2ccccc2)CC1)NCCCOCC. The van der Waals surface area contributed by atoms with Gasteiger partial charge in [0.15, 0.2) is 5.96 Å². The molecule has 1 fully saturated rings. The van der Waals surface area contributed by atoms with Crippen LogP contribution in [0.1, 0.15) is 38.7 Å². The Morgan fingerprint density at radius 3 is 2.61 bits per heavy atom. The fourth-order valence-electron chi connectivity index (χ4n) is 2.71. The van der Waals surface area contributed by atoms with Crippen LogP contribution in [-0.2, 0) is 11.2 Å². The summed E-state index contributed by atoms with van der Waals surface area (Å²) in [5.41, 5.74) is 1.81. The Balaban J connectivity index is 1.79. The lowest BCUT2D eigenvalue weighted by Crippen LogP contribution is -2.38. The van der Waals surface area contributed by atoms with E-state index in [0.29, 0.717) is 5.41 Å². The summed E-state index contributed by atoms with van der Waals surface area (Å²) in [6, 6.07) is 10.8. The van der Waals surface area contributed by atoms with Crippen molar-refractivity contribution in [2.24, 2.45) is 10.4 Å². The van der Waals surface area contributed by atoms with E-state index in [4.69, 9.17) is 9.73 Å². The van der Waals surface area contributed by atoms with Crippen LogP contribution in [0, 0.1) is 5.41 Å². The van der Waals surface area contributed by atoms with Crippen molar-refractivity contribution in [2.45, 2.75) is 39.5 Å². The van der Waals surface area contributed by atoms with E-state index in [1.54, 1.807) is 0 Å². The lowest BCUT2D eigenvalue weighted by molar-refractivity contribution is 0.145. The number of hydrogen-bond acceptors (Lipinski definition) is 2. The summed E-state index contributed by atoms with van der Waals surface area (Å²) in [6.07, 6.45) is 4.72. The van der Waals surface area contributed by atoms with Gasteiger partial charge in [0.25, 0.3) is 0 Å². The molecule has 1 aromatic rings. The van der Waals surface area contributed by atoms with Crippen molar-refractivity contribution in [1.82, 2.24) is 10.6 Å². The minimum atomic E-state index is 0.384. The van der Waals surface area contributed by atoms with Crippen molar-refractivity contribution in [1.29, 1.82) is 0 Å². The maximum atomic E-state index is 5.37. The van der Waals surface area contributed by atoms with Gasteiger partial charge in [0.2, 0.25) is 0 Å². The first-order valence-corrected chi connectivity index (χ1v) is 8.92. The number of nitrogens with one attached hydrogen (secondary N) is 2. The second-order valence-corrected chi connectivity index (χ2v) is 6.33. The molecule has 2 rings (SSSR count). The van der Waals surface area contributed by atoms with Gasteiger partial charge in [-0.2, -0.15) is 0 Å². The molecule has 1 aliphatic rings. The Morgan fingerprint density at radius 2 is 1.96 bits per heavy atom. The van der Waals surface area contributed by atoms with Gasteiger partial charge >= 0.3 is 0 Å². The molecule has 0 unspecified atom stereocenters. The summed E-state index contributed by atoms with van der Waals surface area (Å²) >= 11 is 0. The average molecular weight is 317 g/mol. The summed E-state index contributed by atoms with van der Waals surface area (Å²) in [7, 11) is 0. The van der Waals surface area contributed by atoms with Gasteiger partial charge in [0.1, 0.15) is 0 Å². The van der Waals surface area contributed by atoms with Crippen molar-refractivity contribution in [2.75, 3.05) is 32.8 Å². The van der Waals surface area contributed by atoms with Crippen molar-refractivity contribution in [3.05, 3.63) is 35.9 Å². The molecule has 4 nitrogen and oxygen atoms in total. The second kappa shape index (κ2) is 9.56. The number of guanidine groups is 1. The van der Waals surface area contributed by atoms with Gasteiger partial charge in [-0.15, -0.1) is 0 Å². The van der Waals surface area contributed by atoms with E-state index in [2.05, 4.69) is 47.9 Å². The molecule has 1 aliphatic carbocycles. The molecule has 1 aromatic carbocycles. The largest absolute Gasteiger partial charge is 0.382 e. The highest BCUT2D eigenvalue weighted by Gasteiger charge is 2.42. The van der Waals surface area contributed by atoms with E-state index in [1.807, 2.05) is 6.92 Å². The van der Waals surface area contributed by atoms with Gasteiger partial charge in [-0.05, 0) is 50.5 Å². The Kier molecular flexibility index (Phi) is 7.40. The molecule has 2 N–H and O–H groups in total. The zero-order valence-electron chi connectivity index (χ0n) is 14.6. The highest BCUT2D eigenvalue weighted by atomic mass is 16.5. The van der Waals surface area contributed by atoms with E-state index >= 15 is 0 Å². The predicted molar refractivity (Wildman–Crippen MR) is 96.9 cm³/mol. The van der Waals surface area contributed by atoms with E-state index in [9.17, 15) is 0 Å². The summed E-state index contributed by atoms with van der Waals surface area (Å²) in [5, 5.41) is 6.74. The predicted octanol–water partition coefficient (Wildman–Crippen LogP) is 2.99. The van der Waals surface area contributed by atoms with Gasteiger partial charge < -0.3 is 15.4 Å². The number of nitrogens with zero attached hydrogens (tertiary/aromatic N) is 1. The topological polar surface area (TPSA) is 45.7 Å². The number of ether oxygens (including phenoxy) is 1. The van der Waals surface area contributed by atoms with Crippen LogP contribution in [0.15, 0.2) is 35.3 Å². The quantitative estimate of drug-likeness (QED) is 0.396. The lowest BCUT2D eigenvalue weighted by Gasteiger charge is -2.15. The molecule has 0 amide bonds. The van der Waals surface area contributed by atoms with Crippen LogP contribution < -0.4 is 10.6 Å². The zero-order chi connectivity index (χ0) is 16.4. The molecule has 4 heteroatoms. The van der Waals surface area contributed by atoms with Crippen LogP contribution in [0.3, 0.4) is 0 Å². The average Bonchev–Trinajstić information content (AvgIpc) is 3.33. The van der Waals surface area contributed by atoms with Crippen molar-refractivity contribution >= 4 is 5.96 Å². The Labute approximate surface area is 140 Å². The molecule has 1 saturated carbocycles. The second-order valence-electron chi connectivity index (χ2n) is 6.33. The Bertz CT molecular complexity index is 469. The maximum Gasteiger partial charge on any atom is 0.191 e. The van der Waals surface area contributed by atoms with E-state index < -0.39 is 0 Å². The minimum Gasteiger partial charge on any atom is -0.382 e. The molecular weight excluding hydrogens is 286 g/mol. The third-order valence-corrected chi connectivity index (χ3v) is 4.26. The zero-order valence-corrected chi connectivity index (χ0v) is 14.6. The van der Waals surface area contributed by atoms with Crippen LogP contribution in [0.2, 0.25) is 0 Å². The molecule has 0 aromatic heterocycles. The van der Waals surface area contributed by atoms with Crippen LogP contribution in [0.4, 0.5) is 0 Å². The standard InChI is InChI=1S/C19H31N3O/c1-3-20-18(21-13-8-14-23-4-2)22-16-19(11-12-19)15-17-9-6-5-7-10-17/h5-7,9-10H,3-4,8,11-16H2,1-2H3,(H2,20,21,22). The van der Waals surface area contributed by atoms with Gasteiger partial charge in [0, 0.05) is 32.8 Å². The molecule has 0 aliphatic heterocycles. The highest BCUT2D eigenvalue weighted by molar-refractivity contribution is 5.79. The van der Waals surface area contributed by atoms with E-state index in [1.165, 1.54) is 18.4 Å². The van der Waals surface area contributed by atoms with E-state index in [0.717, 1.165) is 51.6 Å². The van der Waals surface area contributed by atoms with Crippen molar-refractivity contribution in [3.8, 4) is 0 Å². The molecular formula is C19H31N3O. The van der Waals surface area contributed by atoms with Gasteiger partial charge in [-0.25, -0.2) is 0 Å². The first kappa shape index (κ1) is 17.8. The molecule has 0 heterocycles. The molecule has 0 saturated heterocycles. The van der Waals surface area contributed by atoms with Crippen LogP contribution in [0.5, 0.6) is 0 Å². The normalized spacial score (nSPS) is 16.2. The molecule has 23 heavy (non-hydrogen) atoms. The van der Waals surface area contributed by atoms with Crippen molar-refractivity contribution < 1.29 is 4.74 Å². The van der Waals surface area contributed by atoms with Crippen LogP contribution in [-0.4, -0.2) is 38.8 Å². The van der Waals surface area contributed by atoms with Crippen molar-refractivity contribution in [3.63, 3.8) is 0 Å². The number of aliphatic imine (C=N–C) groups is 1. The smallest absolute Gasteiger partial charge is 0.191 e. The van der Waals surface area contributed by atoms with Gasteiger partial charge in [-0.1, -0.05) is 30.3 Å². The first-order valence-electron chi connectivity index (χ1n) is 8.92. The third kappa shape index (κ3) is 6.61. The summed E-state index contributed by atoms with van der Waals surface area (Å²) in [5.74, 6) is 0.934. The van der Waals surface area contributed by atoms with Gasteiger partial charge in [-0.3, -0.25) is 4.99 Å². The summed E-state index contributed by atoms with van der Waals surface area (Å²) < 4.78 is 5.37. The monoisotopic (exact) mass is 317 g/mol. The number of benzene rings is 1. The summed E-state index contributed by atoms with van der Waals surface area (Å²) in [4.78, 5) is 4.82. The molecule has 0 bridgehead atoms. The van der Waals surface area contributed by atoms with Gasteiger partial charge in [0.05, 0.1) is 0 Å². The number of hydrogen-bond donors (Lipinski definition) is 2. The minimum absolute atomic E-state index is 0.384. The summed E-state index contributed by atoms with van der Waals surface area (Å²) in [6.45, 7) is 8.43. The molecule has 128 valence electrons. The lowest BCUT2D eigenvalue weighted by atomic mass is 9.97. The van der Waals surface area contributed by atoms with Crippen LogP contribution in [0.25, 0.3) is 0 Å². The van der Waals surface area contributed by atoms with Crippen LogP contribution >= 0.6 is 0 Å². The number of rotatable bonds is 10.